The van der Waals surface area contributed by atoms with Crippen molar-refractivity contribution in [2.45, 2.75) is 0 Å². The second-order valence-electron chi connectivity index (χ2n) is 14.8. The van der Waals surface area contributed by atoms with E-state index in [9.17, 15) is 0 Å². The Balaban J connectivity index is 1.02. The lowest BCUT2D eigenvalue weighted by atomic mass is 9.93. The van der Waals surface area contributed by atoms with Crippen LogP contribution in [0.15, 0.2) is 206 Å². The quantitative estimate of drug-likeness (QED) is 0.163. The number of nitrogens with zero attached hydrogens (tertiary/aromatic N) is 2. The van der Waals surface area contributed by atoms with Crippen molar-refractivity contribution in [3.8, 4) is 27.9 Å². The van der Waals surface area contributed by atoms with Crippen LogP contribution in [0.3, 0.4) is 0 Å². The van der Waals surface area contributed by atoms with E-state index in [0.29, 0.717) is 0 Å². The molecule has 12 aromatic rings. The molecule has 0 saturated carbocycles. The number of anilines is 3. The van der Waals surface area contributed by atoms with Crippen LogP contribution in [0.2, 0.25) is 0 Å². The third-order valence-corrected chi connectivity index (χ3v) is 13.9. The summed E-state index contributed by atoms with van der Waals surface area (Å²) in [6, 6.07) is 75.6. The fraction of sp³-hybridized carbons (Fsp3) is 0. The predicted octanol–water partition coefficient (Wildman–Crippen LogP) is 16.3. The topological polar surface area (TPSA) is 8.17 Å². The number of thiophene rings is 2. The average molecular weight is 775 g/mol. The first-order valence-electron chi connectivity index (χ1n) is 19.7. The maximum Gasteiger partial charge on any atom is 0.0554 e. The molecule has 0 saturated heterocycles. The van der Waals surface area contributed by atoms with E-state index in [1.807, 2.05) is 22.7 Å². The lowest BCUT2D eigenvalue weighted by Gasteiger charge is -2.27. The number of hydrogen-bond donors (Lipinski definition) is 0. The van der Waals surface area contributed by atoms with Gasteiger partial charge >= 0.3 is 0 Å². The maximum atomic E-state index is 2.46. The van der Waals surface area contributed by atoms with Gasteiger partial charge in [-0.15, -0.1) is 22.7 Å². The highest BCUT2D eigenvalue weighted by Crippen LogP contribution is 2.47. The van der Waals surface area contributed by atoms with E-state index in [0.717, 1.165) is 11.4 Å². The van der Waals surface area contributed by atoms with E-state index in [4.69, 9.17) is 0 Å². The van der Waals surface area contributed by atoms with Gasteiger partial charge in [-0.05, 0) is 83.4 Å². The van der Waals surface area contributed by atoms with Crippen LogP contribution < -0.4 is 4.90 Å². The summed E-state index contributed by atoms with van der Waals surface area (Å²) in [5, 5.41) is 7.72. The van der Waals surface area contributed by atoms with Crippen molar-refractivity contribution in [3.63, 3.8) is 0 Å². The molecule has 0 spiro atoms. The maximum absolute atomic E-state index is 2.46. The van der Waals surface area contributed by atoms with Gasteiger partial charge in [0.1, 0.15) is 0 Å². The zero-order chi connectivity index (χ0) is 38.2. The smallest absolute Gasteiger partial charge is 0.0554 e. The van der Waals surface area contributed by atoms with Crippen LogP contribution in [0.4, 0.5) is 17.1 Å². The molecule has 0 aliphatic rings. The van der Waals surface area contributed by atoms with Crippen LogP contribution >= 0.6 is 22.7 Å². The normalized spacial score (nSPS) is 11.8. The van der Waals surface area contributed by atoms with Crippen molar-refractivity contribution in [1.82, 2.24) is 4.57 Å². The zero-order valence-electron chi connectivity index (χ0n) is 31.3. The molecule has 3 aromatic heterocycles. The Morgan fingerprint density at radius 3 is 1.64 bits per heavy atom. The third kappa shape index (κ3) is 5.16. The summed E-state index contributed by atoms with van der Waals surface area (Å²) >= 11 is 3.73. The van der Waals surface area contributed by atoms with E-state index >= 15 is 0 Å². The molecule has 0 fully saturated rings. The molecule has 0 aliphatic heterocycles. The second kappa shape index (κ2) is 13.3. The minimum absolute atomic E-state index is 1.12. The Morgan fingerprint density at radius 1 is 0.345 bits per heavy atom. The highest BCUT2D eigenvalue weighted by Gasteiger charge is 2.21. The molecular formula is C54H34N2S2. The van der Waals surface area contributed by atoms with Crippen molar-refractivity contribution in [1.29, 1.82) is 0 Å². The van der Waals surface area contributed by atoms with Gasteiger partial charge in [0.05, 0.1) is 22.4 Å². The van der Waals surface area contributed by atoms with Crippen molar-refractivity contribution in [2.75, 3.05) is 4.90 Å². The summed E-state index contributed by atoms with van der Waals surface area (Å²) in [6.07, 6.45) is 0. The van der Waals surface area contributed by atoms with Crippen molar-refractivity contribution in [2.24, 2.45) is 0 Å². The zero-order valence-corrected chi connectivity index (χ0v) is 33.0. The predicted molar refractivity (Wildman–Crippen MR) is 252 cm³/mol. The summed E-state index contributed by atoms with van der Waals surface area (Å²) in [5.74, 6) is 0. The van der Waals surface area contributed by atoms with Crippen LogP contribution in [0.5, 0.6) is 0 Å². The number of hydrogen-bond acceptors (Lipinski definition) is 3. The molecule has 0 atom stereocenters. The number of benzene rings is 9. The van der Waals surface area contributed by atoms with Gasteiger partial charge in [0.25, 0.3) is 0 Å². The van der Waals surface area contributed by atoms with Crippen LogP contribution in [0.1, 0.15) is 0 Å². The molecule has 2 nitrogen and oxygen atoms in total. The fourth-order valence-electron chi connectivity index (χ4n) is 9.06. The molecule has 3 heterocycles. The largest absolute Gasteiger partial charge is 0.310 e. The lowest BCUT2D eigenvalue weighted by molar-refractivity contribution is 1.18. The van der Waals surface area contributed by atoms with Crippen LogP contribution in [-0.4, -0.2) is 4.57 Å². The molecular weight excluding hydrogens is 741 g/mol. The Bertz CT molecular complexity index is 3480. The van der Waals surface area contributed by atoms with Gasteiger partial charge < -0.3 is 9.47 Å². The van der Waals surface area contributed by atoms with E-state index in [-0.39, 0.29) is 0 Å². The molecule has 12 rings (SSSR count). The first-order valence-corrected chi connectivity index (χ1v) is 21.3. The molecule has 0 radical (unpaired) electrons. The Morgan fingerprint density at radius 2 is 0.879 bits per heavy atom. The Kier molecular flexibility index (Phi) is 7.62. The third-order valence-electron chi connectivity index (χ3n) is 11.6. The van der Waals surface area contributed by atoms with Crippen molar-refractivity contribution in [3.05, 3.63) is 206 Å². The van der Waals surface area contributed by atoms with Crippen molar-refractivity contribution < 1.29 is 0 Å². The molecule has 0 bridgehead atoms. The molecule has 0 aliphatic carbocycles. The minimum atomic E-state index is 1.12. The summed E-state index contributed by atoms with van der Waals surface area (Å²) in [7, 11) is 0. The first-order chi connectivity index (χ1) is 28.8. The van der Waals surface area contributed by atoms with Gasteiger partial charge in [0.15, 0.2) is 0 Å². The standard InChI is InChI=1S/C54H34N2S2/c1-2-15-39(40-16-3-8-21-46(40)56-47-22-9-4-17-41(47)42-18-5-10-23-48(42)56)38(14-1)35-28-30-36(31-29-35)55(37-32-33-44-43-19-6-11-25-50(43)58-53(44)34-37)49-24-13-27-52-54(49)45-20-7-12-26-51(45)57-52/h1-34H. The van der Waals surface area contributed by atoms with Gasteiger partial charge in [0.2, 0.25) is 0 Å². The minimum Gasteiger partial charge on any atom is -0.310 e. The molecule has 4 heteroatoms. The summed E-state index contributed by atoms with van der Waals surface area (Å²) in [5.41, 5.74) is 11.8. The molecule has 9 aromatic carbocycles. The highest BCUT2D eigenvalue weighted by molar-refractivity contribution is 7.26. The summed E-state index contributed by atoms with van der Waals surface area (Å²) in [6.45, 7) is 0. The number of rotatable bonds is 6. The van der Waals surface area contributed by atoms with E-state index in [1.165, 1.54) is 95.8 Å². The second-order valence-corrected chi connectivity index (χ2v) is 17.0. The van der Waals surface area contributed by atoms with Gasteiger partial charge in [-0.3, -0.25) is 0 Å². The molecule has 58 heavy (non-hydrogen) atoms. The van der Waals surface area contributed by atoms with Crippen LogP contribution in [0.25, 0.3) is 90.1 Å². The lowest BCUT2D eigenvalue weighted by Crippen LogP contribution is -2.10. The Hall–Kier alpha value is -6.98. The highest BCUT2D eigenvalue weighted by atomic mass is 32.1. The molecule has 0 unspecified atom stereocenters. The van der Waals surface area contributed by atoms with Gasteiger partial charge in [-0.1, -0.05) is 140 Å². The average Bonchev–Trinajstić information content (AvgIpc) is 3.96. The van der Waals surface area contributed by atoms with Gasteiger partial charge in [-0.25, -0.2) is 0 Å². The molecule has 0 amide bonds. The number of aromatic nitrogens is 1. The van der Waals surface area contributed by atoms with Crippen molar-refractivity contribution >= 4 is 102 Å². The van der Waals surface area contributed by atoms with Gasteiger partial charge in [0, 0.05) is 68.1 Å². The van der Waals surface area contributed by atoms with E-state index in [2.05, 4.69) is 216 Å². The molecule has 272 valence electrons. The molecule has 0 N–H and O–H groups in total. The van der Waals surface area contributed by atoms with E-state index in [1.54, 1.807) is 0 Å². The monoisotopic (exact) mass is 774 g/mol. The van der Waals surface area contributed by atoms with Gasteiger partial charge in [-0.2, -0.15) is 0 Å². The van der Waals surface area contributed by atoms with Crippen LogP contribution in [0, 0.1) is 0 Å². The van der Waals surface area contributed by atoms with E-state index < -0.39 is 0 Å². The first kappa shape index (κ1) is 33.2. The fourth-order valence-corrected chi connectivity index (χ4v) is 11.3. The summed E-state index contributed by atoms with van der Waals surface area (Å²) in [4.78, 5) is 2.46. The number of para-hydroxylation sites is 3. The summed E-state index contributed by atoms with van der Waals surface area (Å²) < 4.78 is 7.63. The SMILES string of the molecule is c1ccc(-c2ccccc2-n2c3ccccc3c3ccccc32)c(-c2ccc(N(c3ccc4c(c3)sc3ccccc34)c3cccc4sc5ccccc5c34)cc2)c1. The van der Waals surface area contributed by atoms with Crippen LogP contribution in [-0.2, 0) is 0 Å². The number of fused-ring (bicyclic) bond motifs is 9. The Labute approximate surface area is 343 Å².